The molecule has 0 fully saturated rings. The van der Waals surface area contributed by atoms with E-state index in [9.17, 15) is 4.79 Å². The van der Waals surface area contributed by atoms with E-state index in [1.54, 1.807) is 12.5 Å². The number of imidazole rings is 1. The second-order valence-corrected chi connectivity index (χ2v) is 4.39. The predicted molar refractivity (Wildman–Crippen MR) is 66.9 cm³/mol. The highest BCUT2D eigenvalue weighted by molar-refractivity contribution is 5.97. The zero-order valence-corrected chi connectivity index (χ0v) is 10.1. The average molecular weight is 228 g/mol. The Morgan fingerprint density at radius 3 is 2.65 bits per heavy atom. The maximum atomic E-state index is 12.1. The van der Waals surface area contributed by atoms with Crippen LogP contribution in [0, 0.1) is 12.8 Å². The molecule has 0 amide bonds. The Kier molecular flexibility index (Phi) is 3.38. The number of aromatic nitrogens is 2. The topological polar surface area (TPSA) is 34.9 Å². The Bertz CT molecular complexity index is 485. The molecule has 1 unspecified atom stereocenters. The normalized spacial score (nSPS) is 12.4. The van der Waals surface area contributed by atoms with E-state index >= 15 is 0 Å². The molecule has 0 bridgehead atoms. The van der Waals surface area contributed by atoms with Crippen LogP contribution in [0.1, 0.15) is 22.8 Å². The molecule has 0 saturated heterocycles. The van der Waals surface area contributed by atoms with Crippen molar-refractivity contribution >= 4 is 5.78 Å². The van der Waals surface area contributed by atoms with Gasteiger partial charge < -0.3 is 4.57 Å². The SMILES string of the molecule is Cc1ccc(C(=O)C(C)Cn2ccnc2)cc1. The number of hydrogen-bond donors (Lipinski definition) is 0. The highest BCUT2D eigenvalue weighted by atomic mass is 16.1. The molecular formula is C14H16N2O. The van der Waals surface area contributed by atoms with Crippen molar-refractivity contribution in [2.24, 2.45) is 5.92 Å². The van der Waals surface area contributed by atoms with Crippen LogP contribution in [0.15, 0.2) is 43.0 Å². The molecule has 0 saturated carbocycles. The number of ketones is 1. The van der Waals surface area contributed by atoms with Gasteiger partial charge in [0.25, 0.3) is 0 Å². The standard InChI is InChI=1S/C14H16N2O/c1-11-3-5-13(6-4-11)14(17)12(2)9-16-8-7-15-10-16/h3-8,10,12H,9H2,1-2H3. The number of hydrogen-bond acceptors (Lipinski definition) is 2. The van der Waals surface area contributed by atoms with Gasteiger partial charge in [-0.1, -0.05) is 36.8 Å². The summed E-state index contributed by atoms with van der Waals surface area (Å²) in [6, 6.07) is 7.72. The first-order valence-corrected chi connectivity index (χ1v) is 5.73. The van der Waals surface area contributed by atoms with Crippen molar-refractivity contribution in [2.75, 3.05) is 0 Å². The van der Waals surface area contributed by atoms with Crippen LogP contribution < -0.4 is 0 Å². The second-order valence-electron chi connectivity index (χ2n) is 4.39. The minimum atomic E-state index is -0.0353. The summed E-state index contributed by atoms with van der Waals surface area (Å²) in [7, 11) is 0. The lowest BCUT2D eigenvalue weighted by Crippen LogP contribution is -2.17. The van der Waals surface area contributed by atoms with Crippen molar-refractivity contribution < 1.29 is 4.79 Å². The van der Waals surface area contributed by atoms with E-state index in [2.05, 4.69) is 4.98 Å². The lowest BCUT2D eigenvalue weighted by atomic mass is 9.98. The smallest absolute Gasteiger partial charge is 0.167 e. The molecule has 0 spiro atoms. The van der Waals surface area contributed by atoms with Gasteiger partial charge in [0.1, 0.15) is 0 Å². The Hall–Kier alpha value is -1.90. The number of rotatable bonds is 4. The van der Waals surface area contributed by atoms with Gasteiger partial charge in [-0.2, -0.15) is 0 Å². The third kappa shape index (κ3) is 2.81. The summed E-state index contributed by atoms with van der Waals surface area (Å²) < 4.78 is 1.93. The Morgan fingerprint density at radius 1 is 1.35 bits per heavy atom. The number of Topliss-reactive ketones (excluding diaryl/α,β-unsaturated/α-hetero) is 1. The van der Waals surface area contributed by atoms with E-state index in [1.165, 1.54) is 5.56 Å². The molecular weight excluding hydrogens is 212 g/mol. The minimum absolute atomic E-state index is 0.0353. The van der Waals surface area contributed by atoms with Gasteiger partial charge >= 0.3 is 0 Å². The van der Waals surface area contributed by atoms with Gasteiger partial charge in [-0.05, 0) is 6.92 Å². The van der Waals surface area contributed by atoms with Crippen molar-refractivity contribution in [3.8, 4) is 0 Å². The van der Waals surface area contributed by atoms with Crippen molar-refractivity contribution in [1.82, 2.24) is 9.55 Å². The third-order valence-corrected chi connectivity index (χ3v) is 2.83. The second kappa shape index (κ2) is 4.95. The molecule has 88 valence electrons. The van der Waals surface area contributed by atoms with E-state index in [-0.39, 0.29) is 11.7 Å². The molecule has 17 heavy (non-hydrogen) atoms. The number of benzene rings is 1. The van der Waals surface area contributed by atoms with Crippen molar-refractivity contribution in [3.63, 3.8) is 0 Å². The minimum Gasteiger partial charge on any atom is -0.337 e. The van der Waals surface area contributed by atoms with Crippen LogP contribution in [0.25, 0.3) is 0 Å². The molecule has 0 aliphatic carbocycles. The van der Waals surface area contributed by atoms with Gasteiger partial charge in [0.15, 0.2) is 5.78 Å². The molecule has 0 aliphatic heterocycles. The quantitative estimate of drug-likeness (QED) is 0.754. The molecule has 0 N–H and O–H groups in total. The number of nitrogens with zero attached hydrogens (tertiary/aromatic N) is 2. The van der Waals surface area contributed by atoms with Crippen LogP contribution in [0.4, 0.5) is 0 Å². The number of carbonyl (C=O) groups is 1. The summed E-state index contributed by atoms with van der Waals surface area (Å²) in [5, 5.41) is 0. The summed E-state index contributed by atoms with van der Waals surface area (Å²) in [4.78, 5) is 16.1. The van der Waals surface area contributed by atoms with Crippen LogP contribution in [-0.4, -0.2) is 15.3 Å². The number of carbonyl (C=O) groups excluding carboxylic acids is 1. The molecule has 3 heteroatoms. The zero-order valence-electron chi connectivity index (χ0n) is 10.1. The molecule has 1 aromatic heterocycles. The lowest BCUT2D eigenvalue weighted by Gasteiger charge is -2.11. The van der Waals surface area contributed by atoms with Crippen LogP contribution in [-0.2, 0) is 6.54 Å². The van der Waals surface area contributed by atoms with E-state index < -0.39 is 0 Å². The maximum absolute atomic E-state index is 12.1. The van der Waals surface area contributed by atoms with Gasteiger partial charge in [-0.3, -0.25) is 4.79 Å². The van der Waals surface area contributed by atoms with Crippen LogP contribution in [0.2, 0.25) is 0 Å². The average Bonchev–Trinajstić information content (AvgIpc) is 2.82. The van der Waals surface area contributed by atoms with Crippen molar-refractivity contribution in [1.29, 1.82) is 0 Å². The molecule has 1 aromatic carbocycles. The highest BCUT2D eigenvalue weighted by Crippen LogP contribution is 2.12. The zero-order chi connectivity index (χ0) is 12.3. The Labute approximate surface area is 101 Å². The first kappa shape index (κ1) is 11.6. The lowest BCUT2D eigenvalue weighted by molar-refractivity contribution is 0.0918. The first-order valence-electron chi connectivity index (χ1n) is 5.73. The molecule has 1 atom stereocenters. The van der Waals surface area contributed by atoms with E-state index in [1.807, 2.05) is 48.9 Å². The first-order chi connectivity index (χ1) is 8.16. The van der Waals surface area contributed by atoms with Gasteiger partial charge in [-0.25, -0.2) is 4.98 Å². The Morgan fingerprint density at radius 2 is 2.06 bits per heavy atom. The fourth-order valence-corrected chi connectivity index (χ4v) is 1.80. The fraction of sp³-hybridized carbons (Fsp3) is 0.286. The van der Waals surface area contributed by atoms with Crippen molar-refractivity contribution in [2.45, 2.75) is 20.4 Å². The van der Waals surface area contributed by atoms with E-state index in [0.717, 1.165) is 5.56 Å². The number of aryl methyl sites for hydroxylation is 1. The molecule has 2 rings (SSSR count). The fourth-order valence-electron chi connectivity index (χ4n) is 1.80. The predicted octanol–water partition coefficient (Wildman–Crippen LogP) is 2.71. The van der Waals surface area contributed by atoms with Gasteiger partial charge in [0.2, 0.25) is 0 Å². The highest BCUT2D eigenvalue weighted by Gasteiger charge is 2.15. The van der Waals surface area contributed by atoms with Gasteiger partial charge in [0, 0.05) is 30.4 Å². The molecule has 0 radical (unpaired) electrons. The summed E-state index contributed by atoms with van der Waals surface area (Å²) in [5.41, 5.74) is 1.95. The molecule has 2 aromatic rings. The van der Waals surface area contributed by atoms with Crippen molar-refractivity contribution in [3.05, 3.63) is 54.1 Å². The van der Waals surface area contributed by atoms with Gasteiger partial charge in [0.05, 0.1) is 6.33 Å². The summed E-state index contributed by atoms with van der Waals surface area (Å²) in [6.07, 6.45) is 5.33. The molecule has 0 aliphatic rings. The summed E-state index contributed by atoms with van der Waals surface area (Å²) in [5.74, 6) is 0.144. The largest absolute Gasteiger partial charge is 0.337 e. The van der Waals surface area contributed by atoms with Crippen LogP contribution in [0.5, 0.6) is 0 Å². The van der Waals surface area contributed by atoms with E-state index in [4.69, 9.17) is 0 Å². The summed E-state index contributed by atoms with van der Waals surface area (Å²) >= 11 is 0. The maximum Gasteiger partial charge on any atom is 0.167 e. The molecule has 3 nitrogen and oxygen atoms in total. The summed E-state index contributed by atoms with van der Waals surface area (Å²) in [6.45, 7) is 4.64. The Balaban J connectivity index is 2.07. The van der Waals surface area contributed by atoms with Crippen LogP contribution >= 0.6 is 0 Å². The van der Waals surface area contributed by atoms with Crippen LogP contribution in [0.3, 0.4) is 0 Å². The van der Waals surface area contributed by atoms with Gasteiger partial charge in [-0.15, -0.1) is 0 Å². The van der Waals surface area contributed by atoms with E-state index in [0.29, 0.717) is 6.54 Å². The monoisotopic (exact) mass is 228 g/mol. The third-order valence-electron chi connectivity index (χ3n) is 2.83. The molecule has 1 heterocycles.